The molecule has 0 amide bonds. The molecule has 0 N–H and O–H groups in total. The molecule has 0 saturated heterocycles. The van der Waals surface area contributed by atoms with Gasteiger partial charge in [0, 0.05) is 37.9 Å². The summed E-state index contributed by atoms with van der Waals surface area (Å²) in [5.74, 6) is 0. The van der Waals surface area contributed by atoms with Crippen LogP contribution < -0.4 is 0 Å². The SMILES string of the molecule is CC(C)(C)c1cc[c-]c(-c2cc(C(C)(C)C)ccn2)c1.CC1(C)c2c[c-]c(-c3nccc4c3C(C)(C)c3ccc5ccccc5c3-4)cc2-c2ccccc21.[Ir]. The average Bonchev–Trinajstić information content (AvgIpc) is 3.54. The molecule has 2 aliphatic carbocycles. The fourth-order valence-electron chi connectivity index (χ4n) is 8.63. The van der Waals surface area contributed by atoms with Gasteiger partial charge in [0.05, 0.1) is 0 Å². The monoisotopic (exact) mass is 895 g/mol. The van der Waals surface area contributed by atoms with Gasteiger partial charge in [-0.2, -0.15) is 0 Å². The van der Waals surface area contributed by atoms with Gasteiger partial charge in [-0.25, -0.2) is 0 Å². The number of hydrogen-bond donors (Lipinski definition) is 0. The molecule has 2 aromatic heterocycles. The minimum absolute atomic E-state index is 0. The van der Waals surface area contributed by atoms with Gasteiger partial charge in [-0.3, -0.25) is 0 Å². The first-order valence-corrected chi connectivity index (χ1v) is 19.2. The van der Waals surface area contributed by atoms with E-state index in [1.807, 2.05) is 18.5 Å². The van der Waals surface area contributed by atoms with Crippen molar-refractivity contribution in [2.45, 2.75) is 90.9 Å². The van der Waals surface area contributed by atoms with Gasteiger partial charge in [-0.15, -0.1) is 64.7 Å². The van der Waals surface area contributed by atoms with Crippen molar-refractivity contribution in [3.8, 4) is 44.8 Å². The van der Waals surface area contributed by atoms with Gasteiger partial charge in [0.2, 0.25) is 0 Å². The van der Waals surface area contributed by atoms with Gasteiger partial charge in [-0.05, 0) is 89.5 Å². The van der Waals surface area contributed by atoms with Crippen molar-refractivity contribution in [2.24, 2.45) is 0 Å². The maximum Gasteiger partial charge on any atom is 0.0167 e. The first-order chi connectivity index (χ1) is 25.6. The van der Waals surface area contributed by atoms with Crippen LogP contribution in [0.4, 0.5) is 0 Å². The third kappa shape index (κ3) is 6.60. The Hall–Kier alpha value is -4.69. The molecule has 0 fully saturated rings. The quantitative estimate of drug-likeness (QED) is 0.162. The summed E-state index contributed by atoms with van der Waals surface area (Å²) in [5, 5.41) is 2.60. The second kappa shape index (κ2) is 13.8. The number of aromatic nitrogens is 2. The molecule has 0 saturated carbocycles. The molecule has 0 atom stereocenters. The Labute approximate surface area is 341 Å². The molecular formula is C52H50IrN2-2. The Balaban J connectivity index is 0.000000191. The van der Waals surface area contributed by atoms with Gasteiger partial charge in [0.15, 0.2) is 0 Å². The van der Waals surface area contributed by atoms with E-state index < -0.39 is 0 Å². The number of fused-ring (bicyclic) bond motifs is 8. The Morgan fingerprint density at radius 3 is 2.00 bits per heavy atom. The molecule has 0 bridgehead atoms. The van der Waals surface area contributed by atoms with E-state index in [4.69, 9.17) is 4.98 Å². The minimum Gasteiger partial charge on any atom is -0.305 e. The standard InChI is InChI=1S/C33H26N.C19H24N.Ir/c1-32(2)26-12-8-7-11-23(26)25-19-21(14-15-27(25)32)31-30-24(17-18-34-31)29-22-10-6-5-9-20(22)13-16-28(29)33(30,3)4;1-18(2,3)15-9-7-8-14(12-15)17-13-16(10-11-20-17)19(4,5)6;/h5-13,15-19H,1-4H3;7,9-13H,1-6H3;/q2*-1;. The van der Waals surface area contributed by atoms with Gasteiger partial charge < -0.3 is 9.97 Å². The molecule has 2 aliphatic rings. The third-order valence-corrected chi connectivity index (χ3v) is 11.8. The molecule has 279 valence electrons. The second-order valence-corrected chi connectivity index (χ2v) is 18.2. The molecule has 0 unspecified atom stereocenters. The summed E-state index contributed by atoms with van der Waals surface area (Å²) in [7, 11) is 0. The fourth-order valence-corrected chi connectivity index (χ4v) is 8.63. The number of nitrogens with zero attached hydrogens (tertiary/aromatic N) is 2. The van der Waals surface area contributed by atoms with E-state index in [1.54, 1.807) is 0 Å². The molecule has 3 heteroatoms. The Kier molecular flexibility index (Phi) is 9.68. The zero-order valence-corrected chi connectivity index (χ0v) is 36.2. The van der Waals surface area contributed by atoms with Crippen molar-refractivity contribution in [3.63, 3.8) is 0 Å². The maximum atomic E-state index is 4.97. The number of hydrogen-bond acceptors (Lipinski definition) is 2. The van der Waals surface area contributed by atoms with Crippen molar-refractivity contribution in [2.75, 3.05) is 0 Å². The molecule has 2 nitrogen and oxygen atoms in total. The first kappa shape index (κ1) is 38.6. The van der Waals surface area contributed by atoms with Gasteiger partial charge in [0.25, 0.3) is 0 Å². The van der Waals surface area contributed by atoms with E-state index >= 15 is 0 Å². The maximum absolute atomic E-state index is 4.97. The number of rotatable bonds is 2. The van der Waals surface area contributed by atoms with Gasteiger partial charge >= 0.3 is 0 Å². The van der Waals surface area contributed by atoms with E-state index in [1.165, 1.54) is 66.4 Å². The summed E-state index contributed by atoms with van der Waals surface area (Å²) >= 11 is 0. The van der Waals surface area contributed by atoms with Gasteiger partial charge in [-0.1, -0.05) is 142 Å². The Bertz CT molecular complexity index is 2520. The average molecular weight is 895 g/mol. The van der Waals surface area contributed by atoms with Crippen molar-refractivity contribution in [3.05, 3.63) is 167 Å². The molecule has 1 radical (unpaired) electrons. The predicted molar refractivity (Wildman–Crippen MR) is 227 cm³/mol. The van der Waals surface area contributed by atoms with Crippen LogP contribution in [0.15, 0.2) is 122 Å². The van der Waals surface area contributed by atoms with E-state index in [0.29, 0.717) is 0 Å². The van der Waals surface area contributed by atoms with E-state index in [2.05, 4.69) is 189 Å². The molecule has 7 aromatic rings. The zero-order chi connectivity index (χ0) is 38.2. The summed E-state index contributed by atoms with van der Waals surface area (Å²) in [5.41, 5.74) is 17.7. The largest absolute Gasteiger partial charge is 0.305 e. The molecular weight excluding hydrogens is 845 g/mol. The van der Waals surface area contributed by atoms with Crippen LogP contribution >= 0.6 is 0 Å². The minimum atomic E-state index is -0.137. The van der Waals surface area contributed by atoms with Crippen molar-refractivity contribution < 1.29 is 20.1 Å². The molecule has 9 rings (SSSR count). The topological polar surface area (TPSA) is 25.8 Å². The molecule has 5 aromatic carbocycles. The molecule has 0 spiro atoms. The normalized spacial score (nSPS) is 14.5. The number of pyridine rings is 2. The van der Waals surface area contributed by atoms with Crippen LogP contribution in [0, 0.1) is 12.1 Å². The first-order valence-electron chi connectivity index (χ1n) is 19.2. The van der Waals surface area contributed by atoms with Crippen molar-refractivity contribution in [1.29, 1.82) is 0 Å². The summed E-state index contributed by atoms with van der Waals surface area (Å²) < 4.78 is 0. The smallest absolute Gasteiger partial charge is 0.0167 e. The second-order valence-electron chi connectivity index (χ2n) is 18.2. The van der Waals surface area contributed by atoms with Crippen molar-refractivity contribution in [1.82, 2.24) is 9.97 Å². The van der Waals surface area contributed by atoms with Crippen LogP contribution in [0.2, 0.25) is 0 Å². The molecule has 0 aliphatic heterocycles. The summed E-state index contributed by atoms with van der Waals surface area (Å²) in [4.78, 5) is 9.48. The molecule has 55 heavy (non-hydrogen) atoms. The zero-order valence-electron chi connectivity index (χ0n) is 33.8. The third-order valence-electron chi connectivity index (χ3n) is 11.8. The van der Waals surface area contributed by atoms with E-state index in [9.17, 15) is 0 Å². The van der Waals surface area contributed by atoms with Crippen molar-refractivity contribution >= 4 is 10.8 Å². The number of benzene rings is 5. The van der Waals surface area contributed by atoms with Crippen LogP contribution in [0.1, 0.15) is 103 Å². The summed E-state index contributed by atoms with van der Waals surface area (Å²) in [6, 6.07) is 46.4. The van der Waals surface area contributed by atoms with Crippen LogP contribution in [0.25, 0.3) is 55.5 Å². The Morgan fingerprint density at radius 1 is 0.545 bits per heavy atom. The summed E-state index contributed by atoms with van der Waals surface area (Å²) in [6.45, 7) is 22.7. The predicted octanol–water partition coefficient (Wildman–Crippen LogP) is 13.5. The van der Waals surface area contributed by atoms with Crippen LogP contribution in [0.3, 0.4) is 0 Å². The van der Waals surface area contributed by atoms with Crippen LogP contribution in [-0.2, 0) is 41.8 Å². The molecule has 2 heterocycles. The summed E-state index contributed by atoms with van der Waals surface area (Å²) in [6.07, 6.45) is 3.87. The van der Waals surface area contributed by atoms with E-state index in [0.717, 1.165) is 22.5 Å². The van der Waals surface area contributed by atoms with E-state index in [-0.39, 0.29) is 41.8 Å². The van der Waals surface area contributed by atoms with Crippen LogP contribution in [0.5, 0.6) is 0 Å². The fraction of sp³-hybridized carbons (Fsp3) is 0.269. The Morgan fingerprint density at radius 2 is 1.24 bits per heavy atom. The van der Waals surface area contributed by atoms with Crippen LogP contribution in [-0.4, -0.2) is 9.97 Å². The van der Waals surface area contributed by atoms with Gasteiger partial charge in [0.1, 0.15) is 0 Å².